The summed E-state index contributed by atoms with van der Waals surface area (Å²) in [5.74, 6) is -0.900. The van der Waals surface area contributed by atoms with Gasteiger partial charge in [-0.3, -0.25) is 14.1 Å². The number of carbonyl (C=O) groups excluding carboxylic acids is 2. The van der Waals surface area contributed by atoms with E-state index in [2.05, 4.69) is 5.32 Å². The minimum Gasteiger partial charge on any atom is -0.326 e. The molecule has 0 aromatic heterocycles. The third kappa shape index (κ3) is 4.10. The number of hydrogen-bond donors (Lipinski definition) is 2. The van der Waals surface area contributed by atoms with E-state index in [0.29, 0.717) is 0 Å². The van der Waals surface area contributed by atoms with E-state index in [1.807, 2.05) is 0 Å². The number of ketones is 1. The second-order valence-corrected chi connectivity index (χ2v) is 5.34. The average Bonchev–Trinajstić information content (AvgIpc) is 2.17. The number of anilines is 1. The molecule has 1 rings (SSSR count). The number of rotatable bonds is 4. The van der Waals surface area contributed by atoms with Gasteiger partial charge < -0.3 is 5.32 Å². The first-order valence-corrected chi connectivity index (χ1v) is 6.58. The zero-order valence-corrected chi connectivity index (χ0v) is 10.9. The molecule has 0 aliphatic rings. The van der Waals surface area contributed by atoms with Crippen molar-refractivity contribution in [2.45, 2.75) is 18.2 Å². The molecular weight excluding hydrogens is 282 g/mol. The lowest BCUT2D eigenvalue weighted by Crippen LogP contribution is -2.15. The Morgan fingerprint density at radius 2 is 2.00 bits per heavy atom. The first kappa shape index (κ1) is 14.6. The third-order valence-corrected chi connectivity index (χ3v) is 3.24. The summed E-state index contributed by atoms with van der Waals surface area (Å²) in [6, 6.07) is 3.58. The van der Waals surface area contributed by atoms with Crippen molar-refractivity contribution in [3.63, 3.8) is 0 Å². The summed E-state index contributed by atoms with van der Waals surface area (Å²) in [4.78, 5) is 21.5. The minimum atomic E-state index is -4.47. The molecule has 0 radical (unpaired) electrons. The summed E-state index contributed by atoms with van der Waals surface area (Å²) in [6.45, 7) is 1.26. The van der Waals surface area contributed by atoms with Gasteiger partial charge in [0.15, 0.2) is 0 Å². The Bertz CT molecular complexity index is 596. The summed E-state index contributed by atoms with van der Waals surface area (Å²) in [5, 5.41) is 2.15. The van der Waals surface area contributed by atoms with Crippen molar-refractivity contribution >= 4 is 39.1 Å². The molecule has 18 heavy (non-hydrogen) atoms. The highest BCUT2D eigenvalue weighted by Gasteiger charge is 2.16. The van der Waals surface area contributed by atoms with Crippen LogP contribution < -0.4 is 5.32 Å². The van der Waals surface area contributed by atoms with Gasteiger partial charge in [0.2, 0.25) is 5.91 Å². The Hall–Kier alpha value is -1.44. The molecule has 1 aromatic rings. The normalized spacial score (nSPS) is 11.1. The zero-order valence-electron chi connectivity index (χ0n) is 9.31. The largest absolute Gasteiger partial charge is 0.326 e. The Morgan fingerprint density at radius 3 is 2.50 bits per heavy atom. The van der Waals surface area contributed by atoms with Crippen LogP contribution in [0, 0.1) is 0 Å². The fraction of sp³-hybridized carbons (Fsp3) is 0.200. The molecule has 1 aromatic carbocycles. The second-order valence-electron chi connectivity index (χ2n) is 3.55. The highest BCUT2D eigenvalue weighted by Crippen LogP contribution is 2.24. The predicted octanol–water partition coefficient (Wildman–Crippen LogP) is 1.50. The van der Waals surface area contributed by atoms with Gasteiger partial charge in [-0.05, 0) is 25.1 Å². The quantitative estimate of drug-likeness (QED) is 0.647. The highest BCUT2D eigenvalue weighted by atomic mass is 35.5. The maximum absolute atomic E-state index is 11.3. The van der Waals surface area contributed by atoms with E-state index in [4.69, 9.17) is 16.2 Å². The molecule has 8 heteroatoms. The van der Waals surface area contributed by atoms with Crippen LogP contribution in [0.4, 0.5) is 5.69 Å². The van der Waals surface area contributed by atoms with Crippen molar-refractivity contribution in [3.05, 3.63) is 23.2 Å². The molecule has 6 nitrogen and oxygen atoms in total. The summed E-state index contributed by atoms with van der Waals surface area (Å²) < 4.78 is 30.8. The van der Waals surface area contributed by atoms with Crippen molar-refractivity contribution < 1.29 is 22.6 Å². The number of benzene rings is 1. The number of hydrogen-bond acceptors (Lipinski definition) is 4. The van der Waals surface area contributed by atoms with E-state index in [1.165, 1.54) is 19.1 Å². The molecule has 0 aliphatic carbocycles. The van der Waals surface area contributed by atoms with Crippen molar-refractivity contribution in [1.29, 1.82) is 0 Å². The van der Waals surface area contributed by atoms with Crippen molar-refractivity contribution in [2.24, 2.45) is 0 Å². The molecule has 0 fully saturated rings. The van der Waals surface area contributed by atoms with E-state index in [9.17, 15) is 18.0 Å². The molecule has 0 saturated heterocycles. The van der Waals surface area contributed by atoms with E-state index >= 15 is 0 Å². The maximum atomic E-state index is 11.3. The van der Waals surface area contributed by atoms with E-state index in [1.54, 1.807) is 0 Å². The monoisotopic (exact) mass is 291 g/mol. The molecule has 98 valence electrons. The predicted molar refractivity (Wildman–Crippen MR) is 65.2 cm³/mol. The molecule has 0 saturated carbocycles. The number of amides is 1. The topological polar surface area (TPSA) is 101 Å². The zero-order chi connectivity index (χ0) is 13.9. The van der Waals surface area contributed by atoms with Crippen LogP contribution in [0.3, 0.4) is 0 Å². The van der Waals surface area contributed by atoms with Gasteiger partial charge in [0, 0.05) is 5.69 Å². The van der Waals surface area contributed by atoms with Crippen LogP contribution in [0.15, 0.2) is 23.1 Å². The second kappa shape index (κ2) is 5.47. The molecule has 2 N–H and O–H groups in total. The van der Waals surface area contributed by atoms with Gasteiger partial charge in [0.1, 0.15) is 10.7 Å². The fourth-order valence-electron chi connectivity index (χ4n) is 1.21. The van der Waals surface area contributed by atoms with Crippen LogP contribution in [0.5, 0.6) is 0 Å². The molecular formula is C10H10ClNO5S. The van der Waals surface area contributed by atoms with Gasteiger partial charge in [-0.25, -0.2) is 0 Å². The van der Waals surface area contributed by atoms with Crippen LogP contribution >= 0.6 is 11.6 Å². The van der Waals surface area contributed by atoms with Gasteiger partial charge in [0.25, 0.3) is 10.1 Å². The van der Waals surface area contributed by atoms with Gasteiger partial charge in [-0.1, -0.05) is 11.6 Å². The van der Waals surface area contributed by atoms with Gasteiger partial charge >= 0.3 is 0 Å². The number of carbonyl (C=O) groups is 2. The van der Waals surface area contributed by atoms with Crippen LogP contribution in [0.2, 0.25) is 5.02 Å². The molecule has 1 amide bonds. The van der Waals surface area contributed by atoms with Crippen molar-refractivity contribution in [2.75, 3.05) is 5.32 Å². The first-order valence-electron chi connectivity index (χ1n) is 4.76. The van der Waals surface area contributed by atoms with Crippen molar-refractivity contribution in [1.82, 2.24) is 0 Å². The SMILES string of the molecule is CC(=O)CC(=O)Nc1ccc(Cl)c(S(=O)(=O)O)c1. The van der Waals surface area contributed by atoms with Crippen LogP contribution in [-0.4, -0.2) is 24.7 Å². The molecule has 0 aliphatic heterocycles. The molecule has 0 spiro atoms. The minimum absolute atomic E-state index is 0.123. The Morgan fingerprint density at radius 1 is 1.39 bits per heavy atom. The number of Topliss-reactive ketones (excluding diaryl/α,β-unsaturated/α-hetero) is 1. The van der Waals surface area contributed by atoms with Crippen LogP contribution in [0.25, 0.3) is 0 Å². The Labute approximate surface area is 109 Å². The molecule has 0 bridgehead atoms. The fourth-order valence-corrected chi connectivity index (χ4v) is 2.21. The number of halogens is 1. The maximum Gasteiger partial charge on any atom is 0.296 e. The standard InChI is InChI=1S/C10H10ClNO5S/c1-6(13)4-10(14)12-7-2-3-8(11)9(5-7)18(15,16)17/h2-3,5H,4H2,1H3,(H,12,14)(H,15,16,17). The summed E-state index contributed by atoms with van der Waals surface area (Å²) in [6.07, 6.45) is -0.316. The average molecular weight is 292 g/mol. The van der Waals surface area contributed by atoms with E-state index < -0.39 is 20.9 Å². The highest BCUT2D eigenvalue weighted by molar-refractivity contribution is 7.86. The van der Waals surface area contributed by atoms with E-state index in [-0.39, 0.29) is 22.9 Å². The molecule has 0 atom stereocenters. The van der Waals surface area contributed by atoms with Gasteiger partial charge in [-0.2, -0.15) is 8.42 Å². The van der Waals surface area contributed by atoms with Crippen LogP contribution in [0.1, 0.15) is 13.3 Å². The lowest BCUT2D eigenvalue weighted by atomic mass is 10.2. The summed E-state index contributed by atoms with van der Waals surface area (Å²) in [7, 11) is -4.47. The van der Waals surface area contributed by atoms with Gasteiger partial charge in [-0.15, -0.1) is 0 Å². The van der Waals surface area contributed by atoms with Crippen molar-refractivity contribution in [3.8, 4) is 0 Å². The molecule has 0 heterocycles. The molecule has 0 unspecified atom stereocenters. The lowest BCUT2D eigenvalue weighted by Gasteiger charge is -2.06. The first-order chi connectivity index (χ1) is 8.20. The van der Waals surface area contributed by atoms with Gasteiger partial charge in [0.05, 0.1) is 11.4 Å². The van der Waals surface area contributed by atoms with Crippen LogP contribution in [-0.2, 0) is 19.7 Å². The number of nitrogens with one attached hydrogen (secondary N) is 1. The lowest BCUT2D eigenvalue weighted by molar-refractivity contribution is -0.124. The van der Waals surface area contributed by atoms with E-state index in [0.717, 1.165) is 6.07 Å². The smallest absolute Gasteiger partial charge is 0.296 e. The third-order valence-electron chi connectivity index (χ3n) is 1.90. The summed E-state index contributed by atoms with van der Waals surface area (Å²) in [5.41, 5.74) is 0.123. The Balaban J connectivity index is 3.00. The summed E-state index contributed by atoms with van der Waals surface area (Å²) >= 11 is 5.60. The Kier molecular flexibility index (Phi) is 4.44.